The molecular formula is C19H20OSi. The zero-order chi connectivity index (χ0) is 14.5. The molecule has 2 aromatic rings. The van der Waals surface area contributed by atoms with Crippen molar-refractivity contribution in [2.75, 3.05) is 0 Å². The van der Waals surface area contributed by atoms with Crippen LogP contribution in [0, 0.1) is 0 Å². The van der Waals surface area contributed by atoms with Crippen molar-refractivity contribution in [3.8, 4) is 0 Å². The Bertz CT molecular complexity index is 604. The van der Waals surface area contributed by atoms with E-state index in [0.29, 0.717) is 10.5 Å². The molecule has 2 heteroatoms. The molecule has 1 aliphatic rings. The van der Waals surface area contributed by atoms with Crippen molar-refractivity contribution in [1.82, 2.24) is 0 Å². The van der Waals surface area contributed by atoms with Crippen molar-refractivity contribution >= 4 is 10.5 Å². The van der Waals surface area contributed by atoms with Gasteiger partial charge < -0.3 is 4.43 Å². The van der Waals surface area contributed by atoms with Gasteiger partial charge in [-0.05, 0) is 17.5 Å². The molecule has 0 saturated carbocycles. The second kappa shape index (κ2) is 6.25. The Kier molecular flexibility index (Phi) is 4.18. The maximum Gasteiger partial charge on any atom is 0.147 e. The smallest absolute Gasteiger partial charge is 0.147 e. The predicted octanol–water partition coefficient (Wildman–Crippen LogP) is 3.50. The quantitative estimate of drug-likeness (QED) is 0.766. The van der Waals surface area contributed by atoms with Crippen LogP contribution in [0.25, 0.3) is 0 Å². The third-order valence-electron chi connectivity index (χ3n) is 4.15. The van der Waals surface area contributed by atoms with E-state index < -0.39 is 0 Å². The van der Waals surface area contributed by atoms with Crippen molar-refractivity contribution < 1.29 is 4.43 Å². The number of allylic oxidation sites excluding steroid dienone is 3. The molecule has 0 saturated heterocycles. The topological polar surface area (TPSA) is 9.23 Å². The van der Waals surface area contributed by atoms with Crippen LogP contribution in [0.15, 0.2) is 84.5 Å². The van der Waals surface area contributed by atoms with Gasteiger partial charge >= 0.3 is 0 Å². The molecule has 0 N–H and O–H groups in total. The lowest BCUT2D eigenvalue weighted by atomic mass is 9.81. The van der Waals surface area contributed by atoms with Gasteiger partial charge in [0.2, 0.25) is 0 Å². The van der Waals surface area contributed by atoms with E-state index in [9.17, 15) is 0 Å². The highest BCUT2D eigenvalue weighted by Crippen LogP contribution is 2.40. The minimum Gasteiger partial charge on any atom is -0.414 e. The molecule has 1 aliphatic carbocycles. The molecule has 3 rings (SSSR count). The van der Waals surface area contributed by atoms with Crippen LogP contribution in [-0.4, -0.2) is 10.5 Å². The van der Waals surface area contributed by atoms with Crippen LogP contribution < -0.4 is 0 Å². The monoisotopic (exact) mass is 292 g/mol. The molecule has 0 bridgehead atoms. The lowest BCUT2D eigenvalue weighted by Gasteiger charge is -2.35. The highest BCUT2D eigenvalue weighted by atomic mass is 28.2. The Morgan fingerprint density at radius 3 is 1.90 bits per heavy atom. The summed E-state index contributed by atoms with van der Waals surface area (Å²) >= 11 is 0. The van der Waals surface area contributed by atoms with E-state index in [1.165, 1.54) is 16.7 Å². The summed E-state index contributed by atoms with van der Waals surface area (Å²) in [4.78, 5) is 0. The number of hydrogen-bond acceptors (Lipinski definition) is 1. The fourth-order valence-electron chi connectivity index (χ4n) is 3.04. The van der Waals surface area contributed by atoms with Gasteiger partial charge in [0.05, 0.1) is 0 Å². The fraction of sp³-hybridized carbons (Fsp3) is 0.158. The van der Waals surface area contributed by atoms with Crippen molar-refractivity contribution in [3.63, 3.8) is 0 Å². The van der Waals surface area contributed by atoms with E-state index in [-0.39, 0.29) is 5.60 Å². The van der Waals surface area contributed by atoms with Crippen molar-refractivity contribution in [2.24, 2.45) is 0 Å². The molecule has 0 aromatic heterocycles. The van der Waals surface area contributed by atoms with Crippen molar-refractivity contribution in [3.05, 3.63) is 95.6 Å². The standard InChI is InChI=1S/C19H20OSi/c21-20-19(15-16-9-7-8-10-16,17-11-3-1-4-12-17)18-13-5-2-6-14-18/h1-9,11-14H,10,15H2,21H3. The molecular weight excluding hydrogens is 272 g/mol. The second-order valence-corrected chi connectivity index (χ2v) is 5.81. The summed E-state index contributed by atoms with van der Waals surface area (Å²) in [6.07, 6.45) is 8.53. The molecule has 0 amide bonds. The SMILES string of the molecule is [SiH3]OC(CC1=CC=CC1)(c1ccccc1)c1ccccc1. The summed E-state index contributed by atoms with van der Waals surface area (Å²) in [6, 6.07) is 21.2. The first kappa shape index (κ1) is 14.1. The highest BCUT2D eigenvalue weighted by molar-refractivity contribution is 5.98. The van der Waals surface area contributed by atoms with Crippen molar-refractivity contribution in [1.29, 1.82) is 0 Å². The largest absolute Gasteiger partial charge is 0.414 e. The van der Waals surface area contributed by atoms with Crippen molar-refractivity contribution in [2.45, 2.75) is 18.4 Å². The van der Waals surface area contributed by atoms with E-state index in [1.807, 2.05) is 0 Å². The maximum atomic E-state index is 6.24. The molecule has 0 fully saturated rings. The molecule has 21 heavy (non-hydrogen) atoms. The van der Waals surface area contributed by atoms with E-state index in [1.54, 1.807) is 0 Å². The molecule has 0 heterocycles. The molecule has 1 nitrogen and oxygen atoms in total. The minimum absolute atomic E-state index is 0.355. The summed E-state index contributed by atoms with van der Waals surface area (Å²) in [6.45, 7) is 0. The molecule has 0 radical (unpaired) electrons. The average Bonchev–Trinajstić information content (AvgIpc) is 3.07. The summed E-state index contributed by atoms with van der Waals surface area (Å²) in [5.41, 5.74) is 3.55. The maximum absolute atomic E-state index is 6.24. The Balaban J connectivity index is 2.08. The third kappa shape index (κ3) is 2.78. The van der Waals surface area contributed by atoms with Gasteiger partial charge in [0.15, 0.2) is 0 Å². The van der Waals surface area contributed by atoms with Crippen LogP contribution in [-0.2, 0) is 10.0 Å². The van der Waals surface area contributed by atoms with E-state index in [4.69, 9.17) is 4.43 Å². The highest BCUT2D eigenvalue weighted by Gasteiger charge is 2.34. The van der Waals surface area contributed by atoms with E-state index in [2.05, 4.69) is 78.9 Å². The summed E-state index contributed by atoms with van der Waals surface area (Å²) < 4.78 is 6.24. The van der Waals surface area contributed by atoms with Crippen LogP contribution >= 0.6 is 0 Å². The zero-order valence-corrected chi connectivity index (χ0v) is 14.3. The minimum atomic E-state index is -0.355. The van der Waals surface area contributed by atoms with Gasteiger partial charge in [-0.1, -0.05) is 84.5 Å². The van der Waals surface area contributed by atoms with Gasteiger partial charge in [-0.3, -0.25) is 0 Å². The predicted molar refractivity (Wildman–Crippen MR) is 91.1 cm³/mol. The first-order chi connectivity index (χ1) is 10.3. The third-order valence-corrected chi connectivity index (χ3v) is 4.85. The number of hydrogen-bond donors (Lipinski definition) is 0. The number of benzene rings is 2. The van der Waals surface area contributed by atoms with Gasteiger partial charge in [-0.15, -0.1) is 0 Å². The van der Waals surface area contributed by atoms with E-state index in [0.717, 1.165) is 12.8 Å². The normalized spacial score (nSPS) is 14.4. The van der Waals surface area contributed by atoms with Gasteiger partial charge in [0, 0.05) is 6.42 Å². The lowest BCUT2D eigenvalue weighted by molar-refractivity contribution is 0.125. The molecule has 0 atom stereocenters. The second-order valence-electron chi connectivity index (χ2n) is 5.40. The summed E-state index contributed by atoms with van der Waals surface area (Å²) in [5, 5.41) is 0. The molecule has 0 spiro atoms. The summed E-state index contributed by atoms with van der Waals surface area (Å²) in [5.74, 6) is 0. The molecule has 0 unspecified atom stereocenters. The van der Waals surface area contributed by atoms with Gasteiger partial charge in [0.25, 0.3) is 0 Å². The molecule has 0 aliphatic heterocycles. The average molecular weight is 292 g/mol. The van der Waals surface area contributed by atoms with Gasteiger partial charge in [-0.2, -0.15) is 0 Å². The molecule has 2 aromatic carbocycles. The van der Waals surface area contributed by atoms with Gasteiger partial charge in [0.1, 0.15) is 16.1 Å². The van der Waals surface area contributed by atoms with E-state index >= 15 is 0 Å². The lowest BCUT2D eigenvalue weighted by Crippen LogP contribution is -2.31. The fourth-order valence-corrected chi connectivity index (χ4v) is 3.65. The van der Waals surface area contributed by atoms with Crippen LogP contribution in [0.1, 0.15) is 24.0 Å². The Morgan fingerprint density at radius 2 is 1.48 bits per heavy atom. The Labute approximate surface area is 129 Å². The Hall–Kier alpha value is -1.90. The molecule has 106 valence electrons. The zero-order valence-electron chi connectivity index (χ0n) is 12.3. The van der Waals surface area contributed by atoms with Crippen LogP contribution in [0.3, 0.4) is 0 Å². The Morgan fingerprint density at radius 1 is 0.905 bits per heavy atom. The number of rotatable bonds is 5. The first-order valence-corrected chi connectivity index (χ1v) is 8.17. The van der Waals surface area contributed by atoms with Crippen LogP contribution in [0.2, 0.25) is 0 Å². The van der Waals surface area contributed by atoms with Crippen LogP contribution in [0.4, 0.5) is 0 Å². The summed E-state index contributed by atoms with van der Waals surface area (Å²) in [7, 11) is 0.699. The van der Waals surface area contributed by atoms with Gasteiger partial charge in [-0.25, -0.2) is 0 Å². The first-order valence-electron chi connectivity index (χ1n) is 7.36. The van der Waals surface area contributed by atoms with Crippen LogP contribution in [0.5, 0.6) is 0 Å².